The van der Waals surface area contributed by atoms with Gasteiger partial charge >= 0.3 is 6.18 Å². The first-order valence-electron chi connectivity index (χ1n) is 9.05. The van der Waals surface area contributed by atoms with Crippen molar-refractivity contribution in [1.82, 2.24) is 14.5 Å². The van der Waals surface area contributed by atoms with E-state index >= 15 is 0 Å². The maximum absolute atomic E-state index is 12.9. The fraction of sp³-hybridized carbons (Fsp3) is 0.263. The Morgan fingerprint density at radius 1 is 0.933 bits per heavy atom. The number of anilines is 1. The molecule has 0 bridgehead atoms. The van der Waals surface area contributed by atoms with Crippen molar-refractivity contribution in [2.24, 2.45) is 0 Å². The van der Waals surface area contributed by atoms with Crippen molar-refractivity contribution in [3.05, 3.63) is 59.5 Å². The van der Waals surface area contributed by atoms with Crippen molar-refractivity contribution in [3.8, 4) is 10.6 Å². The molecule has 0 spiro atoms. The Kier molecular flexibility index (Phi) is 5.51. The average Bonchev–Trinajstić information content (AvgIpc) is 3.28. The van der Waals surface area contributed by atoms with Gasteiger partial charge in [0.15, 0.2) is 5.82 Å². The lowest BCUT2D eigenvalue weighted by Crippen LogP contribution is -2.49. The van der Waals surface area contributed by atoms with Crippen LogP contribution in [0.25, 0.3) is 10.6 Å². The minimum absolute atomic E-state index is 0.146. The molecule has 0 radical (unpaired) electrons. The zero-order valence-electron chi connectivity index (χ0n) is 15.6. The van der Waals surface area contributed by atoms with E-state index in [9.17, 15) is 21.6 Å². The number of halogens is 3. The molecule has 3 aromatic rings. The van der Waals surface area contributed by atoms with E-state index in [4.69, 9.17) is 0 Å². The van der Waals surface area contributed by atoms with Gasteiger partial charge in [0.25, 0.3) is 0 Å². The first-order valence-corrected chi connectivity index (χ1v) is 11.4. The third-order valence-corrected chi connectivity index (χ3v) is 7.57. The molecule has 158 valence electrons. The van der Waals surface area contributed by atoms with E-state index in [0.29, 0.717) is 25.0 Å². The molecule has 0 N–H and O–H groups in total. The maximum atomic E-state index is 12.9. The fourth-order valence-electron chi connectivity index (χ4n) is 3.19. The average molecular weight is 454 g/mol. The first kappa shape index (κ1) is 20.8. The SMILES string of the molecule is O=S(=O)(c1cccc(C(F)(F)F)c1)N1CCN(c2ccc(-c3cccs3)nn2)CC1. The monoisotopic (exact) mass is 454 g/mol. The van der Waals surface area contributed by atoms with Crippen LogP contribution in [0, 0.1) is 0 Å². The van der Waals surface area contributed by atoms with E-state index < -0.39 is 21.8 Å². The highest BCUT2D eigenvalue weighted by atomic mass is 32.2. The smallest absolute Gasteiger partial charge is 0.352 e. The van der Waals surface area contributed by atoms with Gasteiger partial charge in [-0.15, -0.1) is 21.5 Å². The summed E-state index contributed by atoms with van der Waals surface area (Å²) in [5.74, 6) is 0.631. The fourth-order valence-corrected chi connectivity index (χ4v) is 5.35. The molecule has 0 amide bonds. The third kappa shape index (κ3) is 4.18. The summed E-state index contributed by atoms with van der Waals surface area (Å²) in [7, 11) is -4.01. The van der Waals surface area contributed by atoms with Crippen molar-refractivity contribution in [2.75, 3.05) is 31.1 Å². The van der Waals surface area contributed by atoms with Gasteiger partial charge in [-0.05, 0) is 41.8 Å². The topological polar surface area (TPSA) is 66.4 Å². The highest BCUT2D eigenvalue weighted by molar-refractivity contribution is 7.89. The Morgan fingerprint density at radius 3 is 2.30 bits per heavy atom. The van der Waals surface area contributed by atoms with Crippen LogP contribution in [0.15, 0.2) is 58.8 Å². The Bertz CT molecular complexity index is 1110. The first-order chi connectivity index (χ1) is 14.2. The summed E-state index contributed by atoms with van der Waals surface area (Å²) in [5, 5.41) is 10.4. The molecule has 0 unspecified atom stereocenters. The predicted molar refractivity (Wildman–Crippen MR) is 108 cm³/mol. The van der Waals surface area contributed by atoms with Crippen molar-refractivity contribution in [3.63, 3.8) is 0 Å². The maximum Gasteiger partial charge on any atom is 0.416 e. The molecule has 2 aromatic heterocycles. The minimum Gasteiger partial charge on any atom is -0.352 e. The molecule has 4 rings (SSSR count). The summed E-state index contributed by atoms with van der Waals surface area (Å²) in [4.78, 5) is 2.56. The number of rotatable bonds is 4. The molecule has 1 saturated heterocycles. The molecule has 3 heterocycles. The highest BCUT2D eigenvalue weighted by Gasteiger charge is 2.34. The quantitative estimate of drug-likeness (QED) is 0.601. The molecule has 1 aliphatic rings. The van der Waals surface area contributed by atoms with Gasteiger partial charge in [0, 0.05) is 26.2 Å². The Morgan fingerprint density at radius 2 is 1.70 bits per heavy atom. The molecule has 1 fully saturated rings. The molecule has 0 aliphatic carbocycles. The molecule has 1 aromatic carbocycles. The molecule has 11 heteroatoms. The summed E-state index contributed by atoms with van der Waals surface area (Å²) in [6.45, 7) is 1.02. The van der Waals surface area contributed by atoms with Gasteiger partial charge in [0.2, 0.25) is 10.0 Å². The number of aromatic nitrogens is 2. The Balaban J connectivity index is 1.45. The zero-order chi connectivity index (χ0) is 21.4. The van der Waals surface area contributed by atoms with E-state index in [1.165, 1.54) is 10.4 Å². The predicted octanol–water partition coefficient (Wildman–Crippen LogP) is 3.73. The Labute approximate surface area is 175 Å². The largest absolute Gasteiger partial charge is 0.416 e. The lowest BCUT2D eigenvalue weighted by atomic mass is 10.2. The lowest BCUT2D eigenvalue weighted by Gasteiger charge is -2.34. The molecular weight excluding hydrogens is 437 g/mol. The van der Waals surface area contributed by atoms with Crippen LogP contribution in [0.1, 0.15) is 5.56 Å². The summed E-state index contributed by atoms with van der Waals surface area (Å²) in [6.07, 6.45) is -4.60. The number of thiophene rings is 1. The van der Waals surface area contributed by atoms with Crippen LogP contribution < -0.4 is 4.90 Å². The summed E-state index contributed by atoms with van der Waals surface area (Å²) >= 11 is 1.56. The summed E-state index contributed by atoms with van der Waals surface area (Å²) < 4.78 is 65.6. The number of piperazine rings is 1. The van der Waals surface area contributed by atoms with Crippen LogP contribution >= 0.6 is 11.3 Å². The number of sulfonamides is 1. The van der Waals surface area contributed by atoms with E-state index in [2.05, 4.69) is 10.2 Å². The lowest BCUT2D eigenvalue weighted by molar-refractivity contribution is -0.137. The molecule has 0 atom stereocenters. The second-order valence-electron chi connectivity index (χ2n) is 6.67. The van der Waals surface area contributed by atoms with Gasteiger partial charge < -0.3 is 4.90 Å². The molecule has 1 aliphatic heterocycles. The van der Waals surface area contributed by atoms with Crippen molar-refractivity contribution in [1.29, 1.82) is 0 Å². The zero-order valence-corrected chi connectivity index (χ0v) is 17.2. The number of hydrogen-bond acceptors (Lipinski definition) is 6. The summed E-state index contributed by atoms with van der Waals surface area (Å²) in [6, 6.07) is 11.4. The second-order valence-corrected chi connectivity index (χ2v) is 9.56. The highest BCUT2D eigenvalue weighted by Crippen LogP contribution is 2.31. The van der Waals surface area contributed by atoms with Gasteiger partial charge in [-0.3, -0.25) is 0 Å². The van der Waals surface area contributed by atoms with E-state index in [-0.39, 0.29) is 18.0 Å². The van der Waals surface area contributed by atoms with Gasteiger partial charge in [-0.25, -0.2) is 8.42 Å². The number of nitrogens with zero attached hydrogens (tertiary/aromatic N) is 4. The van der Waals surface area contributed by atoms with Crippen molar-refractivity contribution >= 4 is 27.2 Å². The third-order valence-electron chi connectivity index (χ3n) is 4.79. The number of alkyl halides is 3. The molecular formula is C19H17F3N4O2S2. The summed E-state index contributed by atoms with van der Waals surface area (Å²) in [5.41, 5.74) is -0.220. The number of benzene rings is 1. The van der Waals surface area contributed by atoms with Crippen LogP contribution in [0.4, 0.5) is 19.0 Å². The van der Waals surface area contributed by atoms with Gasteiger partial charge in [-0.1, -0.05) is 12.1 Å². The normalized spacial score (nSPS) is 16.0. The second kappa shape index (κ2) is 7.97. The molecule has 30 heavy (non-hydrogen) atoms. The van der Waals surface area contributed by atoms with Crippen LogP contribution in [-0.4, -0.2) is 49.1 Å². The van der Waals surface area contributed by atoms with Crippen LogP contribution in [0.5, 0.6) is 0 Å². The van der Waals surface area contributed by atoms with Gasteiger partial charge in [0.05, 0.1) is 15.3 Å². The van der Waals surface area contributed by atoms with E-state index in [1.807, 2.05) is 34.5 Å². The standard InChI is InChI=1S/C19H17F3N4O2S2/c20-19(21,22)14-3-1-4-15(13-14)30(27,28)26-10-8-25(9-11-26)18-7-6-16(23-24-18)17-5-2-12-29-17/h1-7,12-13H,8-11H2. The van der Waals surface area contributed by atoms with Crippen LogP contribution in [0.3, 0.4) is 0 Å². The van der Waals surface area contributed by atoms with Gasteiger partial charge in [0.1, 0.15) is 5.69 Å². The van der Waals surface area contributed by atoms with Crippen LogP contribution in [0.2, 0.25) is 0 Å². The van der Waals surface area contributed by atoms with E-state index in [1.54, 1.807) is 11.3 Å². The van der Waals surface area contributed by atoms with E-state index in [0.717, 1.165) is 22.7 Å². The Hall–Kier alpha value is -2.50. The van der Waals surface area contributed by atoms with Gasteiger partial charge in [-0.2, -0.15) is 17.5 Å². The minimum atomic E-state index is -4.60. The molecule has 0 saturated carbocycles. The number of hydrogen-bond donors (Lipinski definition) is 0. The molecule has 6 nitrogen and oxygen atoms in total. The van der Waals surface area contributed by atoms with Crippen molar-refractivity contribution < 1.29 is 21.6 Å². The van der Waals surface area contributed by atoms with Crippen molar-refractivity contribution in [2.45, 2.75) is 11.1 Å². The van der Waals surface area contributed by atoms with Crippen LogP contribution in [-0.2, 0) is 16.2 Å².